The Kier molecular flexibility index (Phi) is 4.60. The molecule has 2 aliphatic rings. The van der Waals surface area contributed by atoms with Crippen LogP contribution in [0.3, 0.4) is 0 Å². The van der Waals surface area contributed by atoms with E-state index in [9.17, 15) is 12.8 Å². The maximum Gasteiger partial charge on any atom is 0.209 e. The fourth-order valence-corrected chi connectivity index (χ4v) is 5.09. The molecule has 1 fully saturated rings. The summed E-state index contributed by atoms with van der Waals surface area (Å²) in [6.07, 6.45) is 0.710. The summed E-state index contributed by atoms with van der Waals surface area (Å²) in [5.74, 6) is -0.0895. The SMILES string of the molecule is CC(C)Oc1cccc(S(=O)(=O)c2ccc3c(c2)O[C@H]2CNCC[C@@H]32)c1F. The van der Waals surface area contributed by atoms with Crippen LogP contribution in [0.5, 0.6) is 11.5 Å². The minimum absolute atomic E-state index is 0.0196. The number of rotatable bonds is 4. The number of hydrogen-bond acceptors (Lipinski definition) is 5. The van der Waals surface area contributed by atoms with Crippen LogP contribution < -0.4 is 14.8 Å². The smallest absolute Gasteiger partial charge is 0.209 e. The summed E-state index contributed by atoms with van der Waals surface area (Å²) >= 11 is 0. The van der Waals surface area contributed by atoms with Crippen molar-refractivity contribution in [3.8, 4) is 11.5 Å². The van der Waals surface area contributed by atoms with E-state index in [1.807, 2.05) is 0 Å². The Morgan fingerprint density at radius 3 is 2.85 bits per heavy atom. The highest BCUT2D eigenvalue weighted by Gasteiger charge is 2.37. The molecule has 1 saturated heterocycles. The van der Waals surface area contributed by atoms with Gasteiger partial charge in [-0.15, -0.1) is 0 Å². The van der Waals surface area contributed by atoms with Gasteiger partial charge in [0, 0.05) is 18.0 Å². The molecule has 27 heavy (non-hydrogen) atoms. The van der Waals surface area contributed by atoms with Gasteiger partial charge in [-0.05, 0) is 51.1 Å². The number of piperidine rings is 1. The lowest BCUT2D eigenvalue weighted by atomic mass is 9.90. The Morgan fingerprint density at radius 2 is 2.07 bits per heavy atom. The van der Waals surface area contributed by atoms with Crippen molar-refractivity contribution in [2.45, 2.75) is 48.2 Å². The highest BCUT2D eigenvalue weighted by molar-refractivity contribution is 7.91. The molecule has 0 unspecified atom stereocenters. The van der Waals surface area contributed by atoms with Crippen molar-refractivity contribution in [2.24, 2.45) is 0 Å². The van der Waals surface area contributed by atoms with Gasteiger partial charge in [-0.25, -0.2) is 12.8 Å². The topological polar surface area (TPSA) is 64.6 Å². The molecular weight excluding hydrogens is 369 g/mol. The molecule has 0 aliphatic carbocycles. The van der Waals surface area contributed by atoms with Crippen molar-refractivity contribution < 1.29 is 22.3 Å². The molecule has 0 saturated carbocycles. The zero-order valence-corrected chi connectivity index (χ0v) is 16.1. The molecule has 1 N–H and O–H groups in total. The van der Waals surface area contributed by atoms with Crippen molar-refractivity contribution in [1.29, 1.82) is 0 Å². The van der Waals surface area contributed by atoms with Gasteiger partial charge in [0.05, 0.1) is 11.0 Å². The molecule has 2 heterocycles. The number of halogens is 1. The third kappa shape index (κ3) is 3.19. The molecule has 0 radical (unpaired) electrons. The van der Waals surface area contributed by atoms with Gasteiger partial charge >= 0.3 is 0 Å². The summed E-state index contributed by atoms with van der Waals surface area (Å²) in [4.78, 5) is -0.369. The molecule has 144 valence electrons. The second kappa shape index (κ2) is 6.80. The van der Waals surface area contributed by atoms with Crippen molar-refractivity contribution in [3.05, 3.63) is 47.8 Å². The monoisotopic (exact) mass is 391 g/mol. The van der Waals surface area contributed by atoms with Gasteiger partial charge < -0.3 is 14.8 Å². The van der Waals surface area contributed by atoms with Crippen LogP contribution in [0.1, 0.15) is 31.7 Å². The first-order chi connectivity index (χ1) is 12.9. The van der Waals surface area contributed by atoms with Gasteiger partial charge in [0.1, 0.15) is 16.7 Å². The molecule has 2 aromatic carbocycles. The normalized spacial score (nSPS) is 21.5. The average molecular weight is 391 g/mol. The molecule has 0 amide bonds. The van der Waals surface area contributed by atoms with E-state index in [1.54, 1.807) is 19.9 Å². The first-order valence-corrected chi connectivity index (χ1v) is 10.6. The van der Waals surface area contributed by atoms with Gasteiger partial charge in [-0.3, -0.25) is 0 Å². The van der Waals surface area contributed by atoms with E-state index in [0.717, 1.165) is 25.1 Å². The van der Waals surface area contributed by atoms with Gasteiger partial charge in [-0.1, -0.05) is 12.1 Å². The maximum atomic E-state index is 14.8. The van der Waals surface area contributed by atoms with Crippen molar-refractivity contribution >= 4 is 9.84 Å². The van der Waals surface area contributed by atoms with Crippen LogP contribution >= 0.6 is 0 Å². The summed E-state index contributed by atoms with van der Waals surface area (Å²) in [7, 11) is -4.03. The molecule has 5 nitrogen and oxygen atoms in total. The van der Waals surface area contributed by atoms with Crippen molar-refractivity contribution in [2.75, 3.05) is 13.1 Å². The quantitative estimate of drug-likeness (QED) is 0.867. The average Bonchev–Trinajstić information content (AvgIpc) is 3.00. The molecule has 7 heteroatoms. The number of sulfone groups is 1. The summed E-state index contributed by atoms with van der Waals surface area (Å²) in [5.41, 5.74) is 1.03. The van der Waals surface area contributed by atoms with E-state index in [0.29, 0.717) is 5.75 Å². The van der Waals surface area contributed by atoms with E-state index < -0.39 is 20.5 Å². The third-order valence-electron chi connectivity index (χ3n) is 4.98. The number of ether oxygens (including phenoxy) is 2. The molecule has 4 rings (SSSR count). The van der Waals surface area contributed by atoms with E-state index in [-0.39, 0.29) is 28.8 Å². The van der Waals surface area contributed by atoms with Crippen LogP contribution in [0.25, 0.3) is 0 Å². The Morgan fingerprint density at radius 1 is 1.26 bits per heavy atom. The second-order valence-electron chi connectivity index (χ2n) is 7.19. The highest BCUT2D eigenvalue weighted by atomic mass is 32.2. The van der Waals surface area contributed by atoms with Crippen LogP contribution in [0.4, 0.5) is 4.39 Å². The number of hydrogen-bond donors (Lipinski definition) is 1. The second-order valence-corrected chi connectivity index (χ2v) is 9.11. The van der Waals surface area contributed by atoms with Gasteiger partial charge in [-0.2, -0.15) is 0 Å². The lowest BCUT2D eigenvalue weighted by Gasteiger charge is -2.24. The molecule has 2 aliphatic heterocycles. The fraction of sp³-hybridized carbons (Fsp3) is 0.400. The van der Waals surface area contributed by atoms with Crippen molar-refractivity contribution in [3.63, 3.8) is 0 Å². The summed E-state index contributed by atoms with van der Waals surface area (Å²) in [5, 5.41) is 3.28. The lowest BCUT2D eigenvalue weighted by Crippen LogP contribution is -2.39. The highest BCUT2D eigenvalue weighted by Crippen LogP contribution is 2.43. The van der Waals surface area contributed by atoms with Gasteiger partial charge in [0.25, 0.3) is 0 Å². The summed E-state index contributed by atoms with van der Waals surface area (Å²) in [6, 6.07) is 9.02. The number of fused-ring (bicyclic) bond motifs is 3. The first kappa shape index (κ1) is 18.3. The van der Waals surface area contributed by atoms with Crippen molar-refractivity contribution in [1.82, 2.24) is 5.32 Å². The zero-order valence-electron chi connectivity index (χ0n) is 15.2. The first-order valence-electron chi connectivity index (χ1n) is 9.09. The van der Waals surface area contributed by atoms with Crippen LogP contribution in [0.2, 0.25) is 0 Å². The largest absolute Gasteiger partial charge is 0.488 e. The molecule has 2 atom stereocenters. The van der Waals surface area contributed by atoms with E-state index in [2.05, 4.69) is 5.32 Å². The van der Waals surface area contributed by atoms with Crippen LogP contribution in [0, 0.1) is 5.82 Å². The fourth-order valence-electron chi connectivity index (χ4n) is 3.73. The minimum Gasteiger partial charge on any atom is -0.488 e. The van der Waals surface area contributed by atoms with E-state index in [4.69, 9.17) is 9.47 Å². The number of nitrogens with one attached hydrogen (secondary N) is 1. The molecular formula is C20H22FNO4S. The standard InChI is InChI=1S/C20H22FNO4S/c1-12(2)25-16-4-3-5-19(20(16)21)27(23,24)13-6-7-14-15-8-9-22-11-18(15)26-17(14)10-13/h3-7,10,12,15,18,22H,8-9,11H2,1-2H3/t15-,18-/m0/s1. The summed E-state index contributed by atoms with van der Waals surface area (Å²) in [6.45, 7) is 5.17. The predicted octanol–water partition coefficient (Wildman–Crippen LogP) is 3.28. The van der Waals surface area contributed by atoms with E-state index >= 15 is 0 Å². The third-order valence-corrected chi connectivity index (χ3v) is 6.75. The molecule has 0 aromatic heterocycles. The maximum absolute atomic E-state index is 14.8. The Bertz CT molecular complexity index is 974. The van der Waals surface area contributed by atoms with E-state index in [1.165, 1.54) is 30.3 Å². The minimum atomic E-state index is -4.03. The van der Waals surface area contributed by atoms with Gasteiger partial charge in [0.15, 0.2) is 11.6 Å². The Hall–Kier alpha value is -2.12. The molecule has 2 aromatic rings. The van der Waals surface area contributed by atoms with Crippen LogP contribution in [-0.2, 0) is 9.84 Å². The Balaban J connectivity index is 1.72. The van der Waals surface area contributed by atoms with Gasteiger partial charge in [0.2, 0.25) is 9.84 Å². The molecule has 0 bridgehead atoms. The lowest BCUT2D eigenvalue weighted by molar-refractivity contribution is 0.176. The van der Waals surface area contributed by atoms with Crippen LogP contribution in [0.15, 0.2) is 46.2 Å². The number of benzene rings is 2. The molecule has 0 spiro atoms. The predicted molar refractivity (Wildman–Crippen MR) is 98.7 cm³/mol. The zero-order chi connectivity index (χ0) is 19.2. The Labute approximate surface area is 158 Å². The summed E-state index contributed by atoms with van der Waals surface area (Å²) < 4.78 is 52.2. The van der Waals surface area contributed by atoms with Crippen LogP contribution in [-0.4, -0.2) is 33.7 Å².